The van der Waals surface area contributed by atoms with Crippen molar-refractivity contribution in [2.24, 2.45) is 13.0 Å². The predicted octanol–water partition coefficient (Wildman–Crippen LogP) is 0.765. The van der Waals surface area contributed by atoms with Crippen molar-refractivity contribution in [1.82, 2.24) is 9.78 Å². The van der Waals surface area contributed by atoms with E-state index in [0.29, 0.717) is 6.42 Å². The number of hydrogen-bond acceptors (Lipinski definition) is 3. The van der Waals surface area contributed by atoms with Gasteiger partial charge in [-0.3, -0.25) is 9.59 Å². The van der Waals surface area contributed by atoms with Crippen molar-refractivity contribution in [2.75, 3.05) is 5.32 Å². The minimum absolute atomic E-state index is 0.145. The number of aryl methyl sites for hydroxylation is 1. The quantitative estimate of drug-likeness (QED) is 0.799. The standard InChI is InChI=1S/C10H15N3O2/c1-7(2)6-9(14)12-8-4-5-11-13(3)10(8)15/h4-5,7H,6H2,1-3H3,(H,12,14). The second-order valence-corrected chi connectivity index (χ2v) is 3.82. The van der Waals surface area contributed by atoms with E-state index >= 15 is 0 Å². The van der Waals surface area contributed by atoms with Crippen LogP contribution in [0.5, 0.6) is 0 Å². The summed E-state index contributed by atoms with van der Waals surface area (Å²) in [6.07, 6.45) is 1.89. The third kappa shape index (κ3) is 3.19. The summed E-state index contributed by atoms with van der Waals surface area (Å²) >= 11 is 0. The molecule has 1 aromatic rings. The highest BCUT2D eigenvalue weighted by molar-refractivity contribution is 5.90. The number of rotatable bonds is 3. The summed E-state index contributed by atoms with van der Waals surface area (Å²) in [5.74, 6) is 0.129. The number of hydrogen-bond donors (Lipinski definition) is 1. The molecule has 0 saturated heterocycles. The van der Waals surface area contributed by atoms with Crippen LogP contribution in [0.4, 0.5) is 5.69 Å². The van der Waals surface area contributed by atoms with Crippen LogP contribution in [-0.4, -0.2) is 15.7 Å². The van der Waals surface area contributed by atoms with Crippen molar-refractivity contribution in [3.63, 3.8) is 0 Å². The van der Waals surface area contributed by atoms with Gasteiger partial charge in [0.15, 0.2) is 0 Å². The normalized spacial score (nSPS) is 10.4. The average molecular weight is 209 g/mol. The highest BCUT2D eigenvalue weighted by Gasteiger charge is 2.08. The third-order valence-electron chi connectivity index (χ3n) is 1.87. The number of amides is 1. The maximum Gasteiger partial charge on any atom is 0.290 e. The fraction of sp³-hybridized carbons (Fsp3) is 0.500. The molecule has 1 aromatic heterocycles. The van der Waals surface area contributed by atoms with Gasteiger partial charge in [-0.2, -0.15) is 5.10 Å². The van der Waals surface area contributed by atoms with Gasteiger partial charge in [0.1, 0.15) is 5.69 Å². The zero-order chi connectivity index (χ0) is 11.4. The zero-order valence-corrected chi connectivity index (χ0v) is 9.15. The molecule has 1 rings (SSSR count). The van der Waals surface area contributed by atoms with E-state index in [1.165, 1.54) is 16.9 Å². The van der Waals surface area contributed by atoms with Crippen LogP contribution in [0.25, 0.3) is 0 Å². The zero-order valence-electron chi connectivity index (χ0n) is 9.15. The molecule has 1 N–H and O–H groups in total. The van der Waals surface area contributed by atoms with Gasteiger partial charge in [0.2, 0.25) is 5.91 Å². The van der Waals surface area contributed by atoms with Gasteiger partial charge in [-0.25, -0.2) is 4.68 Å². The first-order valence-corrected chi connectivity index (χ1v) is 4.83. The highest BCUT2D eigenvalue weighted by atomic mass is 16.2. The molecular weight excluding hydrogens is 194 g/mol. The summed E-state index contributed by atoms with van der Waals surface area (Å²) in [5, 5.41) is 6.33. The molecule has 5 nitrogen and oxygen atoms in total. The Bertz CT molecular complexity index is 409. The van der Waals surface area contributed by atoms with E-state index < -0.39 is 0 Å². The Morgan fingerprint density at radius 1 is 1.60 bits per heavy atom. The predicted molar refractivity (Wildman–Crippen MR) is 57.6 cm³/mol. The summed E-state index contributed by atoms with van der Waals surface area (Å²) < 4.78 is 1.19. The Labute approximate surface area is 88.1 Å². The number of aromatic nitrogens is 2. The molecule has 0 bridgehead atoms. The minimum Gasteiger partial charge on any atom is -0.321 e. The van der Waals surface area contributed by atoms with Gasteiger partial charge < -0.3 is 5.32 Å². The van der Waals surface area contributed by atoms with Crippen molar-refractivity contribution in [3.05, 3.63) is 22.6 Å². The van der Waals surface area contributed by atoms with Crippen LogP contribution in [0.2, 0.25) is 0 Å². The van der Waals surface area contributed by atoms with E-state index in [4.69, 9.17) is 0 Å². The molecule has 0 atom stereocenters. The van der Waals surface area contributed by atoms with Gasteiger partial charge in [-0.1, -0.05) is 13.8 Å². The maximum absolute atomic E-state index is 11.5. The Hall–Kier alpha value is -1.65. The number of nitrogens with zero attached hydrogens (tertiary/aromatic N) is 2. The smallest absolute Gasteiger partial charge is 0.290 e. The van der Waals surface area contributed by atoms with Crippen LogP contribution in [0, 0.1) is 5.92 Å². The lowest BCUT2D eigenvalue weighted by Gasteiger charge is -2.06. The van der Waals surface area contributed by atoms with Gasteiger partial charge >= 0.3 is 0 Å². The minimum atomic E-state index is -0.297. The van der Waals surface area contributed by atoms with E-state index in [1.54, 1.807) is 7.05 Å². The lowest BCUT2D eigenvalue weighted by molar-refractivity contribution is -0.116. The van der Waals surface area contributed by atoms with E-state index in [2.05, 4.69) is 10.4 Å². The SMILES string of the molecule is CC(C)CC(=O)Nc1ccnn(C)c1=O. The molecule has 1 amide bonds. The average Bonchev–Trinajstić information content (AvgIpc) is 2.11. The summed E-state index contributed by atoms with van der Waals surface area (Å²) in [4.78, 5) is 22.9. The van der Waals surface area contributed by atoms with Gasteiger partial charge in [0, 0.05) is 19.7 Å². The largest absolute Gasteiger partial charge is 0.321 e. The van der Waals surface area contributed by atoms with E-state index in [0.717, 1.165) is 0 Å². The van der Waals surface area contributed by atoms with Crippen molar-refractivity contribution in [1.29, 1.82) is 0 Å². The molecule has 1 heterocycles. The number of anilines is 1. The summed E-state index contributed by atoms with van der Waals surface area (Å²) in [7, 11) is 1.54. The van der Waals surface area contributed by atoms with Crippen molar-refractivity contribution >= 4 is 11.6 Å². The third-order valence-corrected chi connectivity index (χ3v) is 1.87. The van der Waals surface area contributed by atoms with E-state index in [1.807, 2.05) is 13.8 Å². The van der Waals surface area contributed by atoms with Gasteiger partial charge in [0.05, 0.1) is 0 Å². The van der Waals surface area contributed by atoms with Gasteiger partial charge in [-0.15, -0.1) is 0 Å². The second-order valence-electron chi connectivity index (χ2n) is 3.82. The molecule has 0 aliphatic carbocycles. The van der Waals surface area contributed by atoms with Gasteiger partial charge in [0.25, 0.3) is 5.56 Å². The molecule has 5 heteroatoms. The van der Waals surface area contributed by atoms with E-state index in [9.17, 15) is 9.59 Å². The van der Waals surface area contributed by atoms with Crippen molar-refractivity contribution in [2.45, 2.75) is 20.3 Å². The first-order valence-electron chi connectivity index (χ1n) is 4.83. The second kappa shape index (κ2) is 4.72. The lowest BCUT2D eigenvalue weighted by atomic mass is 10.1. The molecule has 0 saturated carbocycles. The molecule has 0 aromatic carbocycles. The monoisotopic (exact) mass is 209 g/mol. The van der Waals surface area contributed by atoms with Crippen molar-refractivity contribution < 1.29 is 4.79 Å². The first kappa shape index (κ1) is 11.4. The molecular formula is C10H15N3O2. The van der Waals surface area contributed by atoms with E-state index in [-0.39, 0.29) is 23.1 Å². The molecule has 0 unspecified atom stereocenters. The van der Waals surface area contributed by atoms with Crippen LogP contribution < -0.4 is 10.9 Å². The Morgan fingerprint density at radius 3 is 2.87 bits per heavy atom. The molecule has 0 fully saturated rings. The number of carbonyl (C=O) groups excluding carboxylic acids is 1. The molecule has 82 valence electrons. The fourth-order valence-corrected chi connectivity index (χ4v) is 1.17. The molecule has 0 radical (unpaired) electrons. The Morgan fingerprint density at radius 2 is 2.27 bits per heavy atom. The molecule has 0 spiro atoms. The molecule has 15 heavy (non-hydrogen) atoms. The number of carbonyl (C=O) groups is 1. The summed E-state index contributed by atoms with van der Waals surface area (Å²) in [5.41, 5.74) is -0.0206. The van der Waals surface area contributed by atoms with Crippen LogP contribution in [0.3, 0.4) is 0 Å². The fourth-order valence-electron chi connectivity index (χ4n) is 1.17. The molecule has 0 aliphatic rings. The summed E-state index contributed by atoms with van der Waals surface area (Å²) in [6, 6.07) is 1.50. The van der Waals surface area contributed by atoms with Gasteiger partial charge in [-0.05, 0) is 12.0 Å². The number of nitrogens with one attached hydrogen (secondary N) is 1. The topological polar surface area (TPSA) is 64.0 Å². The van der Waals surface area contributed by atoms with Crippen LogP contribution in [0.15, 0.2) is 17.1 Å². The van der Waals surface area contributed by atoms with Crippen LogP contribution in [0.1, 0.15) is 20.3 Å². The first-order chi connectivity index (χ1) is 7.00. The van der Waals surface area contributed by atoms with Crippen LogP contribution >= 0.6 is 0 Å². The van der Waals surface area contributed by atoms with Crippen molar-refractivity contribution in [3.8, 4) is 0 Å². The highest BCUT2D eigenvalue weighted by Crippen LogP contribution is 2.03. The lowest BCUT2D eigenvalue weighted by Crippen LogP contribution is -2.25. The molecule has 0 aliphatic heterocycles. The summed E-state index contributed by atoms with van der Waals surface area (Å²) in [6.45, 7) is 3.90. The maximum atomic E-state index is 11.5. The Balaban J connectivity index is 2.77. The Kier molecular flexibility index (Phi) is 3.60. The van der Waals surface area contributed by atoms with Crippen LogP contribution in [-0.2, 0) is 11.8 Å².